The number of carbonyl (C=O) groups excluding carboxylic acids is 1. The monoisotopic (exact) mass is 251 g/mol. The van der Waals surface area contributed by atoms with Gasteiger partial charge in [-0.1, -0.05) is 34.8 Å². The minimum Gasteiger partial charge on any atom is -0.352 e. The van der Waals surface area contributed by atoms with Gasteiger partial charge in [-0.3, -0.25) is 4.79 Å². The Morgan fingerprint density at radius 1 is 1.25 bits per heavy atom. The van der Waals surface area contributed by atoms with Crippen molar-refractivity contribution in [3.05, 3.63) is 0 Å². The molecule has 6 heteroatoms. The minimum absolute atomic E-state index is 0.486. The summed E-state index contributed by atoms with van der Waals surface area (Å²) in [7, 11) is 0. The molecule has 12 heavy (non-hydrogen) atoms. The first kappa shape index (κ1) is 12.6. The average Bonchev–Trinajstić information content (AvgIpc) is 1.96. The zero-order valence-corrected chi connectivity index (χ0v) is 9.27. The summed E-state index contributed by atoms with van der Waals surface area (Å²) < 4.78 is -1.86. The maximum atomic E-state index is 10.9. The number of nitrogens with one attached hydrogen (secondary N) is 1. The Morgan fingerprint density at radius 3 is 2.25 bits per heavy atom. The van der Waals surface area contributed by atoms with Gasteiger partial charge in [0.2, 0.25) is 0 Å². The van der Waals surface area contributed by atoms with Crippen molar-refractivity contribution in [3.8, 4) is 0 Å². The first-order valence-corrected chi connectivity index (χ1v) is 5.06. The van der Waals surface area contributed by atoms with E-state index in [1.54, 1.807) is 0 Å². The van der Waals surface area contributed by atoms with Crippen LogP contribution in [0.5, 0.6) is 0 Å². The van der Waals surface area contributed by atoms with E-state index in [0.29, 0.717) is 12.4 Å². The summed E-state index contributed by atoms with van der Waals surface area (Å²) in [5.41, 5.74) is 0. The Labute approximate surface area is 91.5 Å². The zero-order chi connectivity index (χ0) is 9.61. The van der Waals surface area contributed by atoms with Crippen molar-refractivity contribution in [1.82, 2.24) is 5.32 Å². The highest BCUT2D eigenvalue weighted by Gasteiger charge is 2.29. The van der Waals surface area contributed by atoms with Crippen molar-refractivity contribution in [2.75, 3.05) is 12.4 Å². The number of unbranched alkanes of at least 4 members (excludes halogenated alkanes) is 1. The number of hydrogen-bond donors (Lipinski definition) is 1. The molecule has 0 fully saturated rings. The lowest BCUT2D eigenvalue weighted by molar-refractivity contribution is -0.120. The van der Waals surface area contributed by atoms with Crippen molar-refractivity contribution >= 4 is 52.3 Å². The lowest BCUT2D eigenvalue weighted by atomic mass is 10.3. The number of halogens is 4. The second-order valence-corrected chi connectivity index (χ2v) is 4.81. The Balaban J connectivity index is 3.45. The molecule has 72 valence electrons. The maximum Gasteiger partial charge on any atom is 0.272 e. The second-order valence-electron chi connectivity index (χ2n) is 2.15. The first-order valence-electron chi connectivity index (χ1n) is 3.39. The molecule has 1 amide bonds. The van der Waals surface area contributed by atoms with Crippen LogP contribution in [0.1, 0.15) is 12.8 Å². The predicted molar refractivity (Wildman–Crippen MR) is 53.3 cm³/mol. The van der Waals surface area contributed by atoms with Gasteiger partial charge in [0, 0.05) is 12.4 Å². The second kappa shape index (κ2) is 6.14. The van der Waals surface area contributed by atoms with E-state index in [1.165, 1.54) is 0 Å². The summed E-state index contributed by atoms with van der Waals surface area (Å²) in [5, 5.41) is 2.46. The molecule has 0 aromatic heterocycles. The van der Waals surface area contributed by atoms with Crippen LogP contribution in [0, 0.1) is 0 Å². The van der Waals surface area contributed by atoms with E-state index in [2.05, 4.69) is 5.32 Å². The van der Waals surface area contributed by atoms with Crippen LogP contribution >= 0.6 is 46.4 Å². The fourth-order valence-electron chi connectivity index (χ4n) is 0.522. The molecule has 0 aliphatic carbocycles. The van der Waals surface area contributed by atoms with E-state index in [-0.39, 0.29) is 0 Å². The van der Waals surface area contributed by atoms with Gasteiger partial charge in [-0.2, -0.15) is 0 Å². The van der Waals surface area contributed by atoms with Gasteiger partial charge in [0.15, 0.2) is 0 Å². The molecule has 0 aromatic rings. The molecule has 0 aliphatic rings. The van der Waals surface area contributed by atoms with Crippen molar-refractivity contribution in [2.45, 2.75) is 16.6 Å². The van der Waals surface area contributed by atoms with E-state index in [4.69, 9.17) is 46.4 Å². The van der Waals surface area contributed by atoms with Crippen LogP contribution in [0.4, 0.5) is 0 Å². The molecule has 0 rings (SSSR count). The summed E-state index contributed by atoms with van der Waals surface area (Å²) >= 11 is 21.3. The Kier molecular flexibility index (Phi) is 6.46. The standard InChI is InChI=1S/C6H9Cl4NO/c7-3-1-2-4-11-5(12)6(8,9)10/h1-4H2,(H,11,12). The Hall–Kier alpha value is 0.630. The minimum atomic E-state index is -1.86. The SMILES string of the molecule is O=C(NCCCCCl)C(Cl)(Cl)Cl. The number of hydrogen-bond acceptors (Lipinski definition) is 1. The van der Waals surface area contributed by atoms with Gasteiger partial charge in [0.05, 0.1) is 0 Å². The molecule has 1 N–H and O–H groups in total. The van der Waals surface area contributed by atoms with Gasteiger partial charge >= 0.3 is 0 Å². The van der Waals surface area contributed by atoms with Gasteiger partial charge in [0.25, 0.3) is 9.70 Å². The summed E-state index contributed by atoms with van der Waals surface area (Å²) in [6, 6.07) is 0. The molecule has 0 heterocycles. The largest absolute Gasteiger partial charge is 0.352 e. The molecule has 0 unspecified atom stereocenters. The van der Waals surface area contributed by atoms with Crippen LogP contribution in [0.2, 0.25) is 0 Å². The number of carbonyl (C=O) groups is 1. The molecule has 0 saturated carbocycles. The third-order valence-corrected chi connectivity index (χ3v) is 1.89. The quantitative estimate of drug-likeness (QED) is 0.605. The molecule has 0 aliphatic heterocycles. The summed E-state index contributed by atoms with van der Waals surface area (Å²) in [6.07, 6.45) is 1.62. The van der Waals surface area contributed by atoms with Crippen LogP contribution in [0.25, 0.3) is 0 Å². The van der Waals surface area contributed by atoms with Gasteiger partial charge in [-0.15, -0.1) is 11.6 Å². The first-order chi connectivity index (χ1) is 5.48. The van der Waals surface area contributed by atoms with Crippen LogP contribution in [-0.2, 0) is 4.79 Å². The number of rotatable bonds is 4. The normalized spacial score (nSPS) is 11.3. The number of alkyl halides is 4. The summed E-state index contributed by atoms with van der Waals surface area (Å²) in [5.74, 6) is -0.0222. The van der Waals surface area contributed by atoms with E-state index < -0.39 is 9.70 Å². The summed E-state index contributed by atoms with van der Waals surface area (Å²) in [4.78, 5) is 10.9. The Morgan fingerprint density at radius 2 is 1.83 bits per heavy atom. The molecule has 0 spiro atoms. The van der Waals surface area contributed by atoms with Gasteiger partial charge in [0.1, 0.15) is 0 Å². The van der Waals surface area contributed by atoms with Crippen LogP contribution in [0.15, 0.2) is 0 Å². The van der Waals surface area contributed by atoms with Gasteiger partial charge in [-0.25, -0.2) is 0 Å². The molecule has 0 radical (unpaired) electrons. The third kappa shape index (κ3) is 6.18. The molecular weight excluding hydrogens is 244 g/mol. The van der Waals surface area contributed by atoms with Crippen LogP contribution < -0.4 is 5.32 Å². The van der Waals surface area contributed by atoms with Crippen molar-refractivity contribution in [3.63, 3.8) is 0 Å². The highest BCUT2D eigenvalue weighted by molar-refractivity contribution is 6.76. The lowest BCUT2D eigenvalue weighted by Crippen LogP contribution is -2.35. The zero-order valence-electron chi connectivity index (χ0n) is 6.25. The third-order valence-electron chi connectivity index (χ3n) is 1.10. The van der Waals surface area contributed by atoms with E-state index >= 15 is 0 Å². The van der Waals surface area contributed by atoms with E-state index in [1.807, 2.05) is 0 Å². The highest BCUT2D eigenvalue weighted by atomic mass is 35.6. The van der Waals surface area contributed by atoms with Gasteiger partial charge < -0.3 is 5.32 Å². The van der Waals surface area contributed by atoms with Crippen molar-refractivity contribution in [2.24, 2.45) is 0 Å². The van der Waals surface area contributed by atoms with E-state index in [0.717, 1.165) is 12.8 Å². The summed E-state index contributed by atoms with van der Waals surface area (Å²) in [6.45, 7) is 0.486. The smallest absolute Gasteiger partial charge is 0.272 e. The Bertz CT molecular complexity index is 145. The topological polar surface area (TPSA) is 29.1 Å². The van der Waals surface area contributed by atoms with E-state index in [9.17, 15) is 4.79 Å². The van der Waals surface area contributed by atoms with Crippen molar-refractivity contribution < 1.29 is 4.79 Å². The fraction of sp³-hybridized carbons (Fsp3) is 0.833. The van der Waals surface area contributed by atoms with Gasteiger partial charge in [-0.05, 0) is 12.8 Å². The van der Waals surface area contributed by atoms with Crippen molar-refractivity contribution in [1.29, 1.82) is 0 Å². The average molecular weight is 253 g/mol. The van der Waals surface area contributed by atoms with Crippen LogP contribution in [0.3, 0.4) is 0 Å². The number of amides is 1. The molecule has 0 aromatic carbocycles. The maximum absolute atomic E-state index is 10.9. The highest BCUT2D eigenvalue weighted by Crippen LogP contribution is 2.25. The molecule has 0 bridgehead atoms. The molecule has 2 nitrogen and oxygen atoms in total. The molecule has 0 saturated heterocycles. The van der Waals surface area contributed by atoms with Crippen LogP contribution in [-0.4, -0.2) is 22.1 Å². The lowest BCUT2D eigenvalue weighted by Gasteiger charge is -2.10. The molecular formula is C6H9Cl4NO. The fourth-order valence-corrected chi connectivity index (χ4v) is 0.911. The predicted octanol–water partition coefficient (Wildman–Crippen LogP) is 2.49. The molecule has 0 atom stereocenters.